The lowest BCUT2D eigenvalue weighted by atomic mass is 10.0. The third kappa shape index (κ3) is 2.85. The van der Waals surface area contributed by atoms with Gasteiger partial charge in [-0.15, -0.1) is 0 Å². The topological polar surface area (TPSA) is 49.2 Å². The Kier molecular flexibility index (Phi) is 4.05. The molecule has 4 nitrogen and oxygen atoms in total. The lowest BCUT2D eigenvalue weighted by molar-refractivity contribution is 0.122. The molecule has 2 aromatic rings. The molecule has 1 aromatic carbocycles. The molecule has 0 N–H and O–H groups in total. The predicted molar refractivity (Wildman–Crippen MR) is 82.4 cm³/mol. The van der Waals surface area contributed by atoms with Gasteiger partial charge in [0.05, 0.1) is 18.8 Å². The first-order valence-corrected chi connectivity index (χ1v) is 7.16. The highest BCUT2D eigenvalue weighted by atomic mass is 35.5. The minimum Gasteiger partial charge on any atom is -0.378 e. The van der Waals surface area contributed by atoms with Crippen LogP contribution in [0.3, 0.4) is 0 Å². The van der Waals surface area contributed by atoms with E-state index in [4.69, 9.17) is 16.3 Å². The van der Waals surface area contributed by atoms with E-state index in [2.05, 4.69) is 16.0 Å². The van der Waals surface area contributed by atoms with Gasteiger partial charge in [-0.3, -0.25) is 0 Å². The number of ether oxygens (including phenoxy) is 1. The number of halogens is 1. The van der Waals surface area contributed by atoms with Gasteiger partial charge >= 0.3 is 0 Å². The third-order valence-electron chi connectivity index (χ3n) is 3.49. The first kappa shape index (κ1) is 13.9. The van der Waals surface area contributed by atoms with Gasteiger partial charge in [0, 0.05) is 18.7 Å². The van der Waals surface area contributed by atoms with Crippen LogP contribution in [0.15, 0.2) is 36.4 Å². The van der Waals surface area contributed by atoms with Gasteiger partial charge < -0.3 is 9.64 Å². The number of hydrogen-bond acceptors (Lipinski definition) is 4. The summed E-state index contributed by atoms with van der Waals surface area (Å²) in [6.45, 7) is 2.92. The molecule has 3 rings (SSSR count). The van der Waals surface area contributed by atoms with Gasteiger partial charge in [0.15, 0.2) is 0 Å². The Morgan fingerprint density at radius 1 is 1.19 bits per heavy atom. The second kappa shape index (κ2) is 6.13. The number of benzene rings is 1. The molecular formula is C16H14ClN3O. The van der Waals surface area contributed by atoms with Crippen LogP contribution < -0.4 is 4.90 Å². The summed E-state index contributed by atoms with van der Waals surface area (Å²) >= 11 is 6.21. The van der Waals surface area contributed by atoms with Crippen LogP contribution >= 0.6 is 11.6 Å². The summed E-state index contributed by atoms with van der Waals surface area (Å²) in [6, 6.07) is 13.9. The molecule has 0 spiro atoms. The van der Waals surface area contributed by atoms with Gasteiger partial charge in [0.1, 0.15) is 17.0 Å². The van der Waals surface area contributed by atoms with Gasteiger partial charge in [-0.05, 0) is 11.6 Å². The fourth-order valence-corrected chi connectivity index (χ4v) is 2.64. The molecule has 0 bridgehead atoms. The fourth-order valence-electron chi connectivity index (χ4n) is 2.41. The summed E-state index contributed by atoms with van der Waals surface area (Å²) in [5.74, 6) is 0.793. The van der Waals surface area contributed by atoms with E-state index in [0.717, 1.165) is 30.0 Å². The highest BCUT2D eigenvalue weighted by Crippen LogP contribution is 2.31. The molecular weight excluding hydrogens is 286 g/mol. The quantitative estimate of drug-likeness (QED) is 0.800. The average Bonchev–Trinajstić information content (AvgIpc) is 2.55. The molecule has 0 saturated carbocycles. The first-order chi connectivity index (χ1) is 10.3. The van der Waals surface area contributed by atoms with Gasteiger partial charge in [-0.1, -0.05) is 41.9 Å². The minimum absolute atomic E-state index is 0.250. The smallest absolute Gasteiger partial charge is 0.149 e. The Labute approximate surface area is 128 Å². The molecule has 0 unspecified atom stereocenters. The van der Waals surface area contributed by atoms with E-state index in [-0.39, 0.29) is 5.15 Å². The first-order valence-electron chi connectivity index (χ1n) is 6.78. The fraction of sp³-hybridized carbons (Fsp3) is 0.250. The summed E-state index contributed by atoms with van der Waals surface area (Å²) in [5.41, 5.74) is 2.20. The van der Waals surface area contributed by atoms with Crippen molar-refractivity contribution in [2.24, 2.45) is 0 Å². The van der Waals surface area contributed by atoms with Crippen LogP contribution in [-0.4, -0.2) is 31.3 Å². The molecule has 1 aliphatic heterocycles. The zero-order valence-corrected chi connectivity index (χ0v) is 12.2. The highest BCUT2D eigenvalue weighted by molar-refractivity contribution is 6.31. The normalized spacial score (nSPS) is 14.8. The maximum absolute atomic E-state index is 9.35. The Bertz CT molecular complexity index is 676. The number of hydrogen-bond donors (Lipinski definition) is 0. The predicted octanol–water partition coefficient (Wildman–Crippen LogP) is 3.11. The molecule has 21 heavy (non-hydrogen) atoms. The van der Waals surface area contributed by atoms with Crippen molar-refractivity contribution >= 4 is 17.4 Å². The summed E-state index contributed by atoms with van der Waals surface area (Å²) in [4.78, 5) is 6.50. The monoisotopic (exact) mass is 299 g/mol. The lowest BCUT2D eigenvalue weighted by Gasteiger charge is -2.28. The summed E-state index contributed by atoms with van der Waals surface area (Å²) < 4.78 is 5.36. The highest BCUT2D eigenvalue weighted by Gasteiger charge is 2.18. The van der Waals surface area contributed by atoms with Gasteiger partial charge in [-0.2, -0.15) is 5.26 Å². The van der Waals surface area contributed by atoms with Crippen molar-refractivity contribution in [1.82, 2.24) is 4.98 Å². The van der Waals surface area contributed by atoms with E-state index in [1.165, 1.54) is 0 Å². The van der Waals surface area contributed by atoms with E-state index < -0.39 is 0 Å². The molecule has 0 aliphatic carbocycles. The summed E-state index contributed by atoms with van der Waals surface area (Å²) in [6.07, 6.45) is 0. The lowest BCUT2D eigenvalue weighted by Crippen LogP contribution is -2.36. The van der Waals surface area contributed by atoms with Crippen molar-refractivity contribution in [2.45, 2.75) is 0 Å². The number of pyridine rings is 1. The maximum Gasteiger partial charge on any atom is 0.149 e. The van der Waals surface area contributed by atoms with E-state index >= 15 is 0 Å². The van der Waals surface area contributed by atoms with Crippen molar-refractivity contribution < 1.29 is 4.74 Å². The van der Waals surface area contributed by atoms with Gasteiger partial charge in [0.25, 0.3) is 0 Å². The molecule has 5 heteroatoms. The Balaban J connectivity index is 2.09. The standard InChI is InChI=1S/C16H14ClN3O/c17-16-14(11-18)13(12-4-2-1-3-5-12)10-15(19-16)20-6-8-21-9-7-20/h1-5,10H,6-9H2. The number of rotatable bonds is 2. The second-order valence-electron chi connectivity index (χ2n) is 4.77. The van der Waals surface area contributed by atoms with Crippen LogP contribution in [0.4, 0.5) is 5.82 Å². The molecule has 0 atom stereocenters. The van der Waals surface area contributed by atoms with Crippen LogP contribution in [0.2, 0.25) is 5.15 Å². The van der Waals surface area contributed by atoms with E-state index in [1.54, 1.807) is 0 Å². The number of nitrogens with zero attached hydrogens (tertiary/aromatic N) is 3. The third-order valence-corrected chi connectivity index (χ3v) is 3.77. The van der Waals surface area contributed by atoms with Crippen molar-refractivity contribution in [3.63, 3.8) is 0 Å². The summed E-state index contributed by atoms with van der Waals surface area (Å²) in [7, 11) is 0. The number of nitriles is 1. The maximum atomic E-state index is 9.35. The number of morpholine rings is 1. The van der Waals surface area contributed by atoms with Crippen LogP contribution in [0.25, 0.3) is 11.1 Å². The SMILES string of the molecule is N#Cc1c(-c2ccccc2)cc(N2CCOCC2)nc1Cl. The van der Waals surface area contributed by atoms with Gasteiger partial charge in [0.2, 0.25) is 0 Å². The zero-order valence-electron chi connectivity index (χ0n) is 11.4. The second-order valence-corrected chi connectivity index (χ2v) is 5.13. The molecule has 1 fully saturated rings. The number of anilines is 1. The van der Waals surface area contributed by atoms with Crippen LogP contribution in [-0.2, 0) is 4.74 Å². The minimum atomic E-state index is 0.250. The molecule has 1 aromatic heterocycles. The van der Waals surface area contributed by atoms with E-state index in [0.29, 0.717) is 18.8 Å². The van der Waals surface area contributed by atoms with Crippen LogP contribution in [0, 0.1) is 11.3 Å². The number of aromatic nitrogens is 1. The Morgan fingerprint density at radius 2 is 1.90 bits per heavy atom. The molecule has 2 heterocycles. The Hall–Kier alpha value is -2.09. The molecule has 0 radical (unpaired) electrons. The molecule has 0 amide bonds. The van der Waals surface area contributed by atoms with Crippen LogP contribution in [0.1, 0.15) is 5.56 Å². The van der Waals surface area contributed by atoms with Gasteiger partial charge in [-0.25, -0.2) is 4.98 Å². The largest absolute Gasteiger partial charge is 0.378 e. The molecule has 106 valence electrons. The van der Waals surface area contributed by atoms with Crippen LogP contribution in [0.5, 0.6) is 0 Å². The van der Waals surface area contributed by atoms with Crippen molar-refractivity contribution in [1.29, 1.82) is 5.26 Å². The van der Waals surface area contributed by atoms with Crippen molar-refractivity contribution in [3.8, 4) is 17.2 Å². The zero-order chi connectivity index (χ0) is 14.7. The van der Waals surface area contributed by atoms with Crippen molar-refractivity contribution in [3.05, 3.63) is 47.1 Å². The van der Waals surface area contributed by atoms with E-state index in [1.807, 2.05) is 36.4 Å². The van der Waals surface area contributed by atoms with Crippen molar-refractivity contribution in [2.75, 3.05) is 31.2 Å². The average molecular weight is 300 g/mol. The van der Waals surface area contributed by atoms with E-state index in [9.17, 15) is 5.26 Å². The summed E-state index contributed by atoms with van der Waals surface area (Å²) in [5, 5.41) is 9.60. The Morgan fingerprint density at radius 3 is 2.57 bits per heavy atom. The molecule has 1 saturated heterocycles. The molecule has 1 aliphatic rings.